The molecule has 0 amide bonds. The Morgan fingerprint density at radius 3 is 2.64 bits per heavy atom. The van der Waals surface area contributed by atoms with Crippen molar-refractivity contribution in [3.05, 3.63) is 78.1 Å². The van der Waals surface area contributed by atoms with Crippen molar-refractivity contribution in [3.63, 3.8) is 0 Å². The highest BCUT2D eigenvalue weighted by atomic mass is 15.3. The van der Waals surface area contributed by atoms with Crippen molar-refractivity contribution in [3.8, 4) is 5.69 Å². The molecular weight excluding hydrogens is 270 g/mol. The highest BCUT2D eigenvalue weighted by molar-refractivity contribution is 5.60. The fourth-order valence-corrected chi connectivity index (χ4v) is 3.27. The molecule has 0 saturated carbocycles. The Labute approximate surface area is 130 Å². The molecule has 0 saturated heterocycles. The van der Waals surface area contributed by atoms with Crippen molar-refractivity contribution >= 4 is 5.69 Å². The van der Waals surface area contributed by atoms with Crippen LogP contribution >= 0.6 is 0 Å². The predicted molar refractivity (Wildman–Crippen MR) is 89.5 cm³/mol. The molecular formula is C19H19N3. The van der Waals surface area contributed by atoms with E-state index in [0.717, 1.165) is 18.8 Å². The number of aromatic nitrogens is 2. The van der Waals surface area contributed by atoms with E-state index in [4.69, 9.17) is 0 Å². The van der Waals surface area contributed by atoms with E-state index in [1.165, 1.54) is 16.8 Å². The number of benzene rings is 2. The fourth-order valence-electron chi connectivity index (χ4n) is 3.27. The molecule has 110 valence electrons. The summed E-state index contributed by atoms with van der Waals surface area (Å²) in [6, 6.07) is 19.4. The largest absolute Gasteiger partial charge is 0.366 e. The van der Waals surface area contributed by atoms with Gasteiger partial charge in [-0.2, -0.15) is 5.10 Å². The van der Waals surface area contributed by atoms with Crippen molar-refractivity contribution in [2.45, 2.75) is 19.4 Å². The van der Waals surface area contributed by atoms with Crippen molar-refractivity contribution in [1.29, 1.82) is 0 Å². The van der Waals surface area contributed by atoms with Gasteiger partial charge in [-0.05, 0) is 35.4 Å². The van der Waals surface area contributed by atoms with Crippen LogP contribution in [0.25, 0.3) is 5.69 Å². The summed E-state index contributed by atoms with van der Waals surface area (Å²) >= 11 is 0. The Morgan fingerprint density at radius 2 is 1.86 bits per heavy atom. The number of fused-ring (bicyclic) bond motifs is 1. The van der Waals surface area contributed by atoms with Gasteiger partial charge in [-0.3, -0.25) is 0 Å². The molecule has 3 aromatic rings. The van der Waals surface area contributed by atoms with Crippen molar-refractivity contribution in [2.24, 2.45) is 0 Å². The number of anilines is 1. The molecule has 2 heterocycles. The Bertz CT molecular complexity index is 760. The number of para-hydroxylation sites is 1. The first-order valence-electron chi connectivity index (χ1n) is 7.74. The van der Waals surface area contributed by atoms with Crippen LogP contribution in [0, 0.1) is 0 Å². The average molecular weight is 289 g/mol. The molecule has 22 heavy (non-hydrogen) atoms. The molecule has 0 aliphatic carbocycles. The van der Waals surface area contributed by atoms with Crippen LogP contribution in [0.4, 0.5) is 5.69 Å². The lowest BCUT2D eigenvalue weighted by molar-refractivity contribution is 0.745. The molecule has 3 heteroatoms. The number of hydrogen-bond donors (Lipinski definition) is 0. The van der Waals surface area contributed by atoms with Crippen LogP contribution in [-0.4, -0.2) is 16.3 Å². The molecule has 1 aromatic heterocycles. The minimum atomic E-state index is 0.611. The summed E-state index contributed by atoms with van der Waals surface area (Å²) in [6.07, 6.45) is 3.77. The lowest BCUT2D eigenvalue weighted by Gasteiger charge is -2.20. The highest BCUT2D eigenvalue weighted by Crippen LogP contribution is 2.36. The second-order valence-electron chi connectivity index (χ2n) is 5.96. The number of rotatable bonds is 3. The molecule has 1 aliphatic rings. The van der Waals surface area contributed by atoms with Crippen molar-refractivity contribution < 1.29 is 0 Å². The van der Waals surface area contributed by atoms with Gasteiger partial charge in [0, 0.05) is 37.1 Å². The summed E-state index contributed by atoms with van der Waals surface area (Å²) in [6.45, 7) is 4.36. The summed E-state index contributed by atoms with van der Waals surface area (Å²) in [5.41, 5.74) is 5.28. The molecule has 1 atom stereocenters. The molecule has 2 aromatic carbocycles. The maximum atomic E-state index is 4.27. The smallest absolute Gasteiger partial charge is 0.0645 e. The first kappa shape index (κ1) is 13.1. The van der Waals surface area contributed by atoms with Crippen LogP contribution in [0.3, 0.4) is 0 Å². The maximum absolute atomic E-state index is 4.27. The van der Waals surface area contributed by atoms with Crippen LogP contribution in [0.2, 0.25) is 0 Å². The molecule has 0 N–H and O–H groups in total. The summed E-state index contributed by atoms with van der Waals surface area (Å²) in [4.78, 5) is 2.48. The van der Waals surface area contributed by atoms with E-state index in [9.17, 15) is 0 Å². The number of nitrogens with zero attached hydrogens (tertiary/aromatic N) is 3. The molecule has 0 spiro atoms. The number of hydrogen-bond acceptors (Lipinski definition) is 2. The van der Waals surface area contributed by atoms with Gasteiger partial charge in [0.15, 0.2) is 0 Å². The van der Waals surface area contributed by atoms with E-state index >= 15 is 0 Å². The van der Waals surface area contributed by atoms with Gasteiger partial charge in [0.25, 0.3) is 0 Å². The maximum Gasteiger partial charge on any atom is 0.0645 e. The zero-order chi connectivity index (χ0) is 14.9. The molecule has 0 bridgehead atoms. The second kappa shape index (κ2) is 5.34. The zero-order valence-electron chi connectivity index (χ0n) is 12.7. The van der Waals surface area contributed by atoms with Crippen molar-refractivity contribution in [2.75, 3.05) is 11.4 Å². The topological polar surface area (TPSA) is 21.1 Å². The van der Waals surface area contributed by atoms with Gasteiger partial charge in [0.1, 0.15) is 0 Å². The van der Waals surface area contributed by atoms with Gasteiger partial charge >= 0.3 is 0 Å². The second-order valence-corrected chi connectivity index (χ2v) is 5.96. The molecule has 0 fully saturated rings. The molecule has 0 radical (unpaired) electrons. The Balaban J connectivity index is 1.55. The van der Waals surface area contributed by atoms with Gasteiger partial charge in [0.2, 0.25) is 0 Å². The van der Waals surface area contributed by atoms with Crippen LogP contribution in [0.5, 0.6) is 0 Å². The van der Waals surface area contributed by atoms with E-state index in [0.29, 0.717) is 5.92 Å². The van der Waals surface area contributed by atoms with Crippen molar-refractivity contribution in [1.82, 2.24) is 9.78 Å². The first-order chi connectivity index (χ1) is 10.8. The Hall–Kier alpha value is -2.55. The molecule has 3 nitrogen and oxygen atoms in total. The van der Waals surface area contributed by atoms with Crippen LogP contribution in [-0.2, 0) is 6.54 Å². The third kappa shape index (κ3) is 2.29. The van der Waals surface area contributed by atoms with E-state index in [-0.39, 0.29) is 0 Å². The van der Waals surface area contributed by atoms with Crippen LogP contribution < -0.4 is 4.90 Å². The third-order valence-corrected chi connectivity index (χ3v) is 4.38. The van der Waals surface area contributed by atoms with Gasteiger partial charge in [-0.15, -0.1) is 0 Å². The summed E-state index contributed by atoms with van der Waals surface area (Å²) in [7, 11) is 0. The van der Waals surface area contributed by atoms with Crippen LogP contribution in [0.1, 0.15) is 24.0 Å². The summed E-state index contributed by atoms with van der Waals surface area (Å²) in [5, 5.41) is 4.27. The summed E-state index contributed by atoms with van der Waals surface area (Å²) < 4.78 is 1.89. The van der Waals surface area contributed by atoms with Gasteiger partial charge in [0.05, 0.1) is 5.69 Å². The van der Waals surface area contributed by atoms with E-state index in [2.05, 4.69) is 65.5 Å². The monoisotopic (exact) mass is 289 g/mol. The van der Waals surface area contributed by atoms with E-state index < -0.39 is 0 Å². The Morgan fingerprint density at radius 1 is 1.05 bits per heavy atom. The molecule has 1 aliphatic heterocycles. The van der Waals surface area contributed by atoms with Crippen LogP contribution in [0.15, 0.2) is 67.0 Å². The normalized spacial score (nSPS) is 16.8. The van der Waals surface area contributed by atoms with E-state index in [1.807, 2.05) is 16.9 Å². The summed E-state index contributed by atoms with van der Waals surface area (Å²) in [5.74, 6) is 0.611. The molecule has 0 unspecified atom stereocenters. The zero-order valence-corrected chi connectivity index (χ0v) is 12.7. The predicted octanol–water partition coefficient (Wildman–Crippen LogP) is 4.00. The quantitative estimate of drug-likeness (QED) is 0.727. The molecule has 4 rings (SSSR count). The van der Waals surface area contributed by atoms with Gasteiger partial charge in [-0.25, -0.2) is 4.68 Å². The van der Waals surface area contributed by atoms with Gasteiger partial charge < -0.3 is 4.90 Å². The SMILES string of the molecule is C[C@H]1CN(Cc2ccc(-n3cccn3)cc2)c2ccccc21. The first-order valence-corrected chi connectivity index (χ1v) is 7.74. The van der Waals surface area contributed by atoms with Gasteiger partial charge in [-0.1, -0.05) is 37.3 Å². The highest BCUT2D eigenvalue weighted by Gasteiger charge is 2.24. The third-order valence-electron chi connectivity index (χ3n) is 4.38. The Kier molecular flexibility index (Phi) is 3.19. The minimum absolute atomic E-state index is 0.611. The standard InChI is InChI=1S/C19H19N3/c1-15-13-21(19-6-3-2-5-18(15)19)14-16-7-9-17(10-8-16)22-12-4-11-20-22/h2-12,15H,13-14H2,1H3/t15-/m0/s1. The lowest BCUT2D eigenvalue weighted by atomic mass is 10.0. The fraction of sp³-hybridized carbons (Fsp3) is 0.211. The minimum Gasteiger partial charge on any atom is -0.366 e. The average Bonchev–Trinajstić information content (AvgIpc) is 3.18. The van der Waals surface area contributed by atoms with E-state index in [1.54, 1.807) is 6.20 Å². The lowest BCUT2D eigenvalue weighted by Crippen LogP contribution is -2.20.